The highest BCUT2D eigenvalue weighted by Crippen LogP contribution is 2.48. The lowest BCUT2D eigenvalue weighted by Crippen LogP contribution is -2.43. The number of hydrogen-bond donors (Lipinski definition) is 0. The normalized spacial score (nSPS) is 15.7. The van der Waals surface area contributed by atoms with E-state index in [2.05, 4.69) is 33.9 Å². The van der Waals surface area contributed by atoms with E-state index in [1.165, 1.54) is 40.1 Å². The van der Waals surface area contributed by atoms with Crippen LogP contribution in [0.4, 0.5) is 0 Å². The quantitative estimate of drug-likeness (QED) is 0.234. The van der Waals surface area contributed by atoms with Gasteiger partial charge in [-0.05, 0) is 25.1 Å². The fourth-order valence-electron chi connectivity index (χ4n) is 1.97. The van der Waals surface area contributed by atoms with E-state index in [-0.39, 0.29) is 17.4 Å². The van der Waals surface area contributed by atoms with E-state index in [4.69, 9.17) is 18.2 Å². The number of methoxy groups -OCH3 is 1. The molecular formula is C17H33O7PSi. The Balaban J connectivity index is 5.74. The third-order valence-electron chi connectivity index (χ3n) is 4.79. The number of carbonyl (C=O) groups is 2. The molecule has 0 N–H and O–H groups in total. The molecule has 26 heavy (non-hydrogen) atoms. The average molecular weight is 409 g/mol. The first-order chi connectivity index (χ1) is 11.7. The third kappa shape index (κ3) is 7.08. The second kappa shape index (κ2) is 9.94. The van der Waals surface area contributed by atoms with Crippen LogP contribution in [0.5, 0.6) is 0 Å². The Morgan fingerprint density at radius 2 is 1.62 bits per heavy atom. The first kappa shape index (κ1) is 25.2. The second-order valence-corrected chi connectivity index (χ2v) is 14.5. The molecule has 0 aromatic heterocycles. The Labute approximate surface area is 158 Å². The van der Waals surface area contributed by atoms with Gasteiger partial charge in [-0.2, -0.15) is 0 Å². The Hall–Kier alpha value is -0.793. The summed E-state index contributed by atoms with van der Waals surface area (Å²) >= 11 is 0. The van der Waals surface area contributed by atoms with Crippen molar-refractivity contribution in [3.05, 3.63) is 11.9 Å². The van der Waals surface area contributed by atoms with Crippen LogP contribution in [0, 0.1) is 11.8 Å². The minimum Gasteiger partial charge on any atom is -0.468 e. The van der Waals surface area contributed by atoms with Gasteiger partial charge in [0.25, 0.3) is 0 Å². The fraction of sp³-hybridized carbons (Fsp3) is 0.765. The van der Waals surface area contributed by atoms with Crippen LogP contribution in [0.2, 0.25) is 18.1 Å². The lowest BCUT2D eigenvalue weighted by atomic mass is 9.90. The second-order valence-electron chi connectivity index (χ2n) is 7.59. The van der Waals surface area contributed by atoms with Crippen molar-refractivity contribution < 1.29 is 32.4 Å². The van der Waals surface area contributed by atoms with Crippen molar-refractivity contribution >= 4 is 27.7 Å². The molecule has 0 saturated heterocycles. The molecule has 0 fully saturated rings. The highest BCUT2D eigenvalue weighted by atomic mass is 31.2. The van der Waals surface area contributed by atoms with Gasteiger partial charge in [0.1, 0.15) is 11.7 Å². The minimum absolute atomic E-state index is 0.0351. The summed E-state index contributed by atoms with van der Waals surface area (Å²) in [4.78, 5) is 24.2. The molecule has 0 aromatic carbocycles. The molecule has 2 unspecified atom stereocenters. The maximum absolute atomic E-state index is 12.3. The lowest BCUT2D eigenvalue weighted by molar-refractivity contribution is -0.151. The summed E-state index contributed by atoms with van der Waals surface area (Å²) in [7, 11) is -1.79. The summed E-state index contributed by atoms with van der Waals surface area (Å²) in [6.45, 7) is 11.9. The number of hydrogen-bond acceptors (Lipinski definition) is 7. The van der Waals surface area contributed by atoms with Crippen molar-refractivity contribution in [3.63, 3.8) is 0 Å². The number of Topliss-reactive ketones (excluding diaryl/α,β-unsaturated/α-hetero) is 1. The Kier molecular flexibility index (Phi) is 9.64. The first-order valence-corrected chi connectivity index (χ1v) is 12.9. The molecule has 0 spiro atoms. The van der Waals surface area contributed by atoms with Gasteiger partial charge in [-0.25, -0.2) is 0 Å². The van der Waals surface area contributed by atoms with Gasteiger partial charge >= 0.3 is 13.6 Å². The standard InChI is InChI=1S/C17H33O7PSi/c1-13(18)15(16(19)21-5)14(10-11-25(20,22-6)23-7)12-24-26(8,9)17(2,3)4/h10-11,14-15H,12H2,1-9H3/b11-10+. The van der Waals surface area contributed by atoms with Gasteiger partial charge < -0.3 is 18.2 Å². The molecule has 0 aliphatic rings. The van der Waals surface area contributed by atoms with Gasteiger partial charge in [0.2, 0.25) is 0 Å². The van der Waals surface area contributed by atoms with Crippen LogP contribution in [0.25, 0.3) is 0 Å². The maximum Gasteiger partial charge on any atom is 0.353 e. The zero-order chi connectivity index (χ0) is 20.8. The van der Waals surface area contributed by atoms with Gasteiger partial charge in [0.15, 0.2) is 8.32 Å². The monoisotopic (exact) mass is 408 g/mol. The SMILES string of the molecule is COC(=O)C(C(C)=O)C(/C=C/P(=O)(OC)OC)CO[Si](C)(C)C(C)(C)C. The molecular weight excluding hydrogens is 375 g/mol. The zero-order valence-electron chi connectivity index (χ0n) is 17.3. The lowest BCUT2D eigenvalue weighted by Gasteiger charge is -2.37. The highest BCUT2D eigenvalue weighted by Gasteiger charge is 2.40. The van der Waals surface area contributed by atoms with Crippen LogP contribution in [0.1, 0.15) is 27.7 Å². The predicted molar refractivity (Wildman–Crippen MR) is 104 cm³/mol. The summed E-state index contributed by atoms with van der Waals surface area (Å²) in [6, 6.07) is 0. The summed E-state index contributed by atoms with van der Waals surface area (Å²) in [5.74, 6) is -1.45. The van der Waals surface area contributed by atoms with Crippen molar-refractivity contribution in [1.82, 2.24) is 0 Å². The van der Waals surface area contributed by atoms with Gasteiger partial charge in [0.05, 0.1) is 7.11 Å². The molecule has 7 nitrogen and oxygen atoms in total. The first-order valence-electron chi connectivity index (χ1n) is 8.37. The maximum atomic E-state index is 12.3. The number of ketones is 1. The largest absolute Gasteiger partial charge is 0.468 e. The predicted octanol–water partition coefficient (Wildman–Crippen LogP) is 4.00. The van der Waals surface area contributed by atoms with Gasteiger partial charge in [0, 0.05) is 32.6 Å². The van der Waals surface area contributed by atoms with E-state index >= 15 is 0 Å². The van der Waals surface area contributed by atoms with E-state index < -0.39 is 33.7 Å². The molecule has 0 rings (SSSR count). The van der Waals surface area contributed by atoms with Gasteiger partial charge in [-0.3, -0.25) is 14.2 Å². The molecule has 0 aromatic rings. The average Bonchev–Trinajstić information content (AvgIpc) is 2.55. The van der Waals surface area contributed by atoms with Crippen molar-refractivity contribution in [2.24, 2.45) is 11.8 Å². The Morgan fingerprint density at radius 3 is 1.96 bits per heavy atom. The van der Waals surface area contributed by atoms with Crippen LogP contribution < -0.4 is 0 Å². The van der Waals surface area contributed by atoms with E-state index in [1.807, 2.05) is 0 Å². The van der Waals surface area contributed by atoms with E-state index in [0.717, 1.165) is 0 Å². The molecule has 152 valence electrons. The summed E-state index contributed by atoms with van der Waals surface area (Å²) in [5.41, 5.74) is 0. The number of esters is 1. The molecule has 0 aliphatic carbocycles. The highest BCUT2D eigenvalue weighted by molar-refractivity contribution is 7.57. The van der Waals surface area contributed by atoms with Crippen LogP contribution in [-0.2, 0) is 32.4 Å². The summed E-state index contributed by atoms with van der Waals surface area (Å²) < 4.78 is 33.0. The van der Waals surface area contributed by atoms with E-state index in [1.54, 1.807) is 0 Å². The van der Waals surface area contributed by atoms with E-state index in [9.17, 15) is 14.2 Å². The van der Waals surface area contributed by atoms with E-state index in [0.29, 0.717) is 0 Å². The van der Waals surface area contributed by atoms with Gasteiger partial charge in [-0.15, -0.1) is 0 Å². The number of ether oxygens (including phenoxy) is 1. The van der Waals surface area contributed by atoms with Crippen LogP contribution in [0.15, 0.2) is 11.9 Å². The molecule has 0 amide bonds. The van der Waals surface area contributed by atoms with Crippen molar-refractivity contribution in [2.75, 3.05) is 27.9 Å². The summed E-state index contributed by atoms with van der Waals surface area (Å²) in [5, 5.41) is -0.0351. The smallest absolute Gasteiger partial charge is 0.353 e. The fourth-order valence-corrected chi connectivity index (χ4v) is 3.83. The Bertz CT molecular complexity index is 558. The molecule has 9 heteroatoms. The van der Waals surface area contributed by atoms with Crippen LogP contribution in [0.3, 0.4) is 0 Å². The van der Waals surface area contributed by atoms with Gasteiger partial charge in [-0.1, -0.05) is 26.8 Å². The summed E-state index contributed by atoms with van der Waals surface area (Å²) in [6.07, 6.45) is 1.49. The van der Waals surface area contributed by atoms with Crippen molar-refractivity contribution in [2.45, 2.75) is 45.8 Å². The number of rotatable bonds is 10. The third-order valence-corrected chi connectivity index (χ3v) is 10.8. The molecule has 0 saturated carbocycles. The molecule has 0 aliphatic heterocycles. The van der Waals surface area contributed by atoms with Crippen molar-refractivity contribution in [3.8, 4) is 0 Å². The zero-order valence-corrected chi connectivity index (χ0v) is 19.2. The minimum atomic E-state index is -3.43. The van der Waals surface area contributed by atoms with Crippen molar-refractivity contribution in [1.29, 1.82) is 0 Å². The molecule has 2 atom stereocenters. The molecule has 0 radical (unpaired) electrons. The number of carbonyl (C=O) groups excluding carboxylic acids is 2. The van der Waals surface area contributed by atoms with Crippen LogP contribution >= 0.6 is 7.60 Å². The molecule has 0 heterocycles. The Morgan fingerprint density at radius 1 is 1.12 bits per heavy atom. The van der Waals surface area contributed by atoms with Crippen LogP contribution in [-0.4, -0.2) is 48.0 Å². The molecule has 0 bridgehead atoms. The topological polar surface area (TPSA) is 88.1 Å².